The zero-order valence-electron chi connectivity index (χ0n) is 20.4. The van der Waals surface area contributed by atoms with Gasteiger partial charge in [0.2, 0.25) is 0 Å². The van der Waals surface area contributed by atoms with Crippen LogP contribution in [-0.2, 0) is 19.1 Å². The molecule has 2 rings (SSSR count). The van der Waals surface area contributed by atoms with Crippen molar-refractivity contribution in [2.45, 2.75) is 91.5 Å². The van der Waals surface area contributed by atoms with Gasteiger partial charge in [-0.25, -0.2) is 9.59 Å². The number of nitrogens with zero attached hydrogens (tertiary/aromatic N) is 2. The molecule has 32 heavy (non-hydrogen) atoms. The van der Waals surface area contributed by atoms with Gasteiger partial charge in [0.15, 0.2) is 0 Å². The van der Waals surface area contributed by atoms with E-state index in [4.69, 9.17) is 19.7 Å². The maximum absolute atomic E-state index is 11.8. The van der Waals surface area contributed by atoms with Crippen LogP contribution in [0.3, 0.4) is 0 Å². The predicted molar refractivity (Wildman–Crippen MR) is 116 cm³/mol. The van der Waals surface area contributed by atoms with Crippen molar-refractivity contribution in [1.29, 1.82) is 0 Å². The molecule has 4 atom stereocenters. The summed E-state index contributed by atoms with van der Waals surface area (Å²) in [6, 6.07) is -0.598. The number of carbonyl (C=O) groups excluding carboxylic acids is 2. The van der Waals surface area contributed by atoms with Gasteiger partial charge in [0.25, 0.3) is 0 Å². The first-order valence-corrected chi connectivity index (χ1v) is 10.9. The highest BCUT2D eigenvalue weighted by Crippen LogP contribution is 2.27. The monoisotopic (exact) mass is 458 g/mol. The van der Waals surface area contributed by atoms with Crippen LogP contribution in [-0.4, -0.2) is 80.5 Å². The van der Waals surface area contributed by atoms with Crippen LogP contribution in [0.15, 0.2) is 0 Å². The van der Waals surface area contributed by atoms with E-state index < -0.39 is 47.2 Å². The summed E-state index contributed by atoms with van der Waals surface area (Å²) in [5, 5.41) is 17.9. The third-order valence-corrected chi connectivity index (χ3v) is 5.40. The lowest BCUT2D eigenvalue weighted by atomic mass is 10.0. The molecule has 0 bridgehead atoms. The van der Waals surface area contributed by atoms with Crippen molar-refractivity contribution in [2.24, 2.45) is 11.8 Å². The summed E-state index contributed by atoms with van der Waals surface area (Å²) < 4.78 is 10.4. The number of hydrogen-bond donors (Lipinski definition) is 2. The fourth-order valence-corrected chi connectivity index (χ4v) is 3.70. The molecule has 2 aliphatic heterocycles. The second-order valence-corrected chi connectivity index (χ2v) is 10.3. The van der Waals surface area contributed by atoms with Gasteiger partial charge in [-0.3, -0.25) is 9.59 Å². The topological polar surface area (TPSA) is 134 Å². The Hall–Kier alpha value is -2.52. The number of rotatable bonds is 2. The van der Waals surface area contributed by atoms with Gasteiger partial charge in [-0.05, 0) is 68.2 Å². The number of ether oxygens (including phenoxy) is 2. The number of carboxylic acids is 2. The van der Waals surface area contributed by atoms with Crippen molar-refractivity contribution >= 4 is 24.1 Å². The van der Waals surface area contributed by atoms with E-state index in [-0.39, 0.29) is 12.1 Å². The normalized spacial score (nSPS) is 25.6. The molecule has 0 aromatic rings. The molecule has 2 heterocycles. The number of aliphatic carboxylic acids is 2. The fourth-order valence-electron chi connectivity index (χ4n) is 3.70. The maximum atomic E-state index is 11.8. The van der Waals surface area contributed by atoms with Crippen molar-refractivity contribution in [3.8, 4) is 0 Å². The molecule has 0 aromatic carbocycles. The average Bonchev–Trinajstić information content (AvgIpc) is 3.15. The predicted octanol–water partition coefficient (Wildman–Crippen LogP) is 3.43. The number of likely N-dealkylation sites (tertiary alicyclic amines) is 2. The van der Waals surface area contributed by atoms with E-state index in [0.717, 1.165) is 0 Å². The highest BCUT2D eigenvalue weighted by atomic mass is 16.6. The average molecular weight is 459 g/mol. The van der Waals surface area contributed by atoms with E-state index >= 15 is 0 Å². The van der Waals surface area contributed by atoms with Gasteiger partial charge in [-0.15, -0.1) is 0 Å². The van der Waals surface area contributed by atoms with E-state index in [0.29, 0.717) is 25.9 Å². The van der Waals surface area contributed by atoms with Crippen LogP contribution < -0.4 is 0 Å². The molecule has 0 saturated carbocycles. The standard InChI is InChI=1S/2C11H19NO4/c2*1-7-8(9(13)14)5-6-12(7)10(15)16-11(2,3)4/h2*7-8H,5-6H2,1-4H3,(H,13,14)/t2*7-,8-/m10/s1. The van der Waals surface area contributed by atoms with E-state index in [1.165, 1.54) is 9.80 Å². The molecule has 2 aliphatic rings. The Balaban J connectivity index is 0.000000320. The highest BCUT2D eigenvalue weighted by Gasteiger charge is 2.40. The third kappa shape index (κ3) is 7.87. The van der Waals surface area contributed by atoms with Crippen molar-refractivity contribution in [3.63, 3.8) is 0 Å². The Kier molecular flexibility index (Phi) is 8.94. The van der Waals surface area contributed by atoms with Crippen LogP contribution in [0, 0.1) is 11.8 Å². The first kappa shape index (κ1) is 27.5. The van der Waals surface area contributed by atoms with Crippen LogP contribution in [0.25, 0.3) is 0 Å². The molecule has 2 fully saturated rings. The SMILES string of the molecule is C[C@@H]1[C@H](C(=O)O)CCN1C(=O)OC(C)(C)C.C[C@H]1[C@@H](C(=O)O)CCN1C(=O)OC(C)(C)C. The number of amides is 2. The summed E-state index contributed by atoms with van der Waals surface area (Å²) in [7, 11) is 0. The lowest BCUT2D eigenvalue weighted by Gasteiger charge is -2.27. The zero-order valence-corrected chi connectivity index (χ0v) is 20.4. The molecule has 2 amide bonds. The minimum Gasteiger partial charge on any atom is -0.481 e. The third-order valence-electron chi connectivity index (χ3n) is 5.40. The fraction of sp³-hybridized carbons (Fsp3) is 0.818. The van der Waals surface area contributed by atoms with Gasteiger partial charge in [-0.2, -0.15) is 0 Å². The van der Waals surface area contributed by atoms with Crippen molar-refractivity contribution in [1.82, 2.24) is 9.80 Å². The minimum atomic E-state index is -0.849. The van der Waals surface area contributed by atoms with Crippen LogP contribution >= 0.6 is 0 Å². The molecule has 0 unspecified atom stereocenters. The molecule has 184 valence electrons. The Morgan fingerprint density at radius 1 is 0.688 bits per heavy atom. The molecule has 0 spiro atoms. The van der Waals surface area contributed by atoms with Gasteiger partial charge in [-0.1, -0.05) is 0 Å². The maximum Gasteiger partial charge on any atom is 0.410 e. The van der Waals surface area contributed by atoms with Crippen molar-refractivity contribution in [2.75, 3.05) is 13.1 Å². The lowest BCUT2D eigenvalue weighted by Crippen LogP contribution is -2.41. The molecule has 0 aromatic heterocycles. The number of carboxylic acid groups (broad SMARTS) is 2. The van der Waals surface area contributed by atoms with E-state index in [1.807, 2.05) is 0 Å². The summed E-state index contributed by atoms with van der Waals surface area (Å²) in [5.74, 6) is -2.66. The zero-order chi connectivity index (χ0) is 25.0. The van der Waals surface area contributed by atoms with Crippen molar-refractivity contribution in [3.05, 3.63) is 0 Å². The second-order valence-electron chi connectivity index (χ2n) is 10.3. The quantitative estimate of drug-likeness (QED) is 0.643. The molecule has 2 saturated heterocycles. The van der Waals surface area contributed by atoms with Gasteiger partial charge < -0.3 is 29.5 Å². The van der Waals surface area contributed by atoms with Crippen LogP contribution in [0.1, 0.15) is 68.2 Å². The van der Waals surface area contributed by atoms with E-state index in [9.17, 15) is 19.2 Å². The number of carbonyl (C=O) groups is 4. The molecular formula is C22H38N2O8. The molecule has 2 N–H and O–H groups in total. The van der Waals surface area contributed by atoms with Crippen LogP contribution in [0.2, 0.25) is 0 Å². The van der Waals surface area contributed by atoms with Gasteiger partial charge in [0, 0.05) is 25.2 Å². The molecule has 0 aliphatic carbocycles. The Morgan fingerprint density at radius 3 is 1.16 bits per heavy atom. The Labute approximate surface area is 189 Å². The highest BCUT2D eigenvalue weighted by molar-refractivity contribution is 5.76. The smallest absolute Gasteiger partial charge is 0.410 e. The van der Waals surface area contributed by atoms with E-state index in [2.05, 4.69) is 0 Å². The van der Waals surface area contributed by atoms with Gasteiger partial charge in [0.1, 0.15) is 11.2 Å². The summed E-state index contributed by atoms with van der Waals surface area (Å²) in [6.45, 7) is 15.1. The molecule has 0 radical (unpaired) electrons. The Morgan fingerprint density at radius 2 is 0.969 bits per heavy atom. The second kappa shape index (κ2) is 10.4. The summed E-state index contributed by atoms with van der Waals surface area (Å²) in [4.78, 5) is 48.3. The minimum absolute atomic E-state index is 0.299. The van der Waals surface area contributed by atoms with Crippen LogP contribution in [0.4, 0.5) is 9.59 Å². The first-order valence-electron chi connectivity index (χ1n) is 10.9. The summed E-state index contributed by atoms with van der Waals surface area (Å²) in [6.07, 6.45) is 0.137. The van der Waals surface area contributed by atoms with E-state index in [1.54, 1.807) is 55.4 Å². The summed E-state index contributed by atoms with van der Waals surface area (Å²) in [5.41, 5.74) is -1.09. The van der Waals surface area contributed by atoms with Crippen LogP contribution in [0.5, 0.6) is 0 Å². The molecule has 10 nitrogen and oxygen atoms in total. The number of hydrogen-bond acceptors (Lipinski definition) is 6. The van der Waals surface area contributed by atoms with Gasteiger partial charge in [0.05, 0.1) is 11.8 Å². The summed E-state index contributed by atoms with van der Waals surface area (Å²) >= 11 is 0. The largest absolute Gasteiger partial charge is 0.481 e. The van der Waals surface area contributed by atoms with Gasteiger partial charge >= 0.3 is 24.1 Å². The molecular weight excluding hydrogens is 420 g/mol. The lowest BCUT2D eigenvalue weighted by molar-refractivity contribution is -0.143. The Bertz CT molecular complexity index is 650. The molecule has 10 heteroatoms. The first-order chi connectivity index (χ1) is 14.4. The van der Waals surface area contributed by atoms with Crippen molar-refractivity contribution < 1.29 is 38.9 Å².